The monoisotopic (exact) mass is 345 g/mol. The summed E-state index contributed by atoms with van der Waals surface area (Å²) in [7, 11) is 0. The van der Waals surface area contributed by atoms with Crippen LogP contribution in [-0.2, 0) is 0 Å². The Morgan fingerprint density at radius 3 is 2.58 bits per heavy atom. The van der Waals surface area contributed by atoms with E-state index in [1.54, 1.807) is 0 Å². The van der Waals surface area contributed by atoms with Gasteiger partial charge in [0.15, 0.2) is 0 Å². The Morgan fingerprint density at radius 2 is 1.73 bits per heavy atom. The molecule has 0 saturated carbocycles. The van der Waals surface area contributed by atoms with Crippen LogP contribution in [-0.4, -0.2) is 37.0 Å². The van der Waals surface area contributed by atoms with Crippen molar-refractivity contribution in [2.75, 3.05) is 36.8 Å². The number of amides is 1. The number of hydrogen-bond donors (Lipinski definition) is 1. The lowest BCUT2D eigenvalue weighted by Crippen LogP contribution is -2.39. The molecule has 2 aliphatic rings. The maximum Gasteiger partial charge on any atom is 0.259 e. The molecule has 0 atom stereocenters. The molecule has 26 heavy (non-hydrogen) atoms. The fourth-order valence-electron chi connectivity index (χ4n) is 4.52. The standard InChI is InChI=1S/C22H23N3O/c23-16-13-18-17-7-3-2-6-15(17)12-20-21(18)19(14-16)22(26)25(20)11-10-24-8-4-1-5-9-24/h2-3,6-7,12-14H,1,4-5,8-11,23H2. The molecule has 0 bridgehead atoms. The summed E-state index contributed by atoms with van der Waals surface area (Å²) in [5.41, 5.74) is 8.57. The molecule has 4 nitrogen and oxygen atoms in total. The van der Waals surface area contributed by atoms with Crippen molar-refractivity contribution < 1.29 is 4.79 Å². The van der Waals surface area contributed by atoms with Crippen molar-refractivity contribution in [1.29, 1.82) is 0 Å². The highest BCUT2D eigenvalue weighted by Crippen LogP contribution is 2.42. The van der Waals surface area contributed by atoms with Crippen LogP contribution < -0.4 is 10.6 Å². The van der Waals surface area contributed by atoms with Gasteiger partial charge in [-0.2, -0.15) is 0 Å². The molecule has 0 aliphatic carbocycles. The molecule has 2 aliphatic heterocycles. The molecule has 2 heterocycles. The van der Waals surface area contributed by atoms with Gasteiger partial charge in [0.05, 0.1) is 11.3 Å². The maximum absolute atomic E-state index is 13.1. The van der Waals surface area contributed by atoms with Crippen molar-refractivity contribution in [3.8, 4) is 0 Å². The Labute approximate surface area is 153 Å². The summed E-state index contributed by atoms with van der Waals surface area (Å²) in [5, 5.41) is 4.46. The number of hydrogen-bond acceptors (Lipinski definition) is 3. The van der Waals surface area contributed by atoms with Gasteiger partial charge in [0.1, 0.15) is 0 Å². The van der Waals surface area contributed by atoms with E-state index in [4.69, 9.17) is 5.73 Å². The Balaban J connectivity index is 1.60. The molecule has 0 aromatic heterocycles. The molecule has 0 radical (unpaired) electrons. The van der Waals surface area contributed by atoms with Gasteiger partial charge < -0.3 is 15.5 Å². The molecule has 5 rings (SSSR count). The van der Waals surface area contributed by atoms with E-state index in [2.05, 4.69) is 23.1 Å². The van der Waals surface area contributed by atoms with Crippen LogP contribution in [0, 0.1) is 0 Å². The smallest absolute Gasteiger partial charge is 0.259 e. The first-order valence-electron chi connectivity index (χ1n) is 9.51. The fourth-order valence-corrected chi connectivity index (χ4v) is 4.52. The van der Waals surface area contributed by atoms with E-state index in [1.807, 2.05) is 29.2 Å². The molecular formula is C22H23N3O. The van der Waals surface area contributed by atoms with Crippen molar-refractivity contribution >= 4 is 38.8 Å². The summed E-state index contributed by atoms with van der Waals surface area (Å²) in [6.07, 6.45) is 3.87. The highest BCUT2D eigenvalue weighted by Gasteiger charge is 2.31. The van der Waals surface area contributed by atoms with E-state index in [-0.39, 0.29) is 5.91 Å². The van der Waals surface area contributed by atoms with Crippen molar-refractivity contribution in [1.82, 2.24) is 4.90 Å². The first kappa shape index (κ1) is 15.6. The summed E-state index contributed by atoms with van der Waals surface area (Å²) in [4.78, 5) is 17.6. The lowest BCUT2D eigenvalue weighted by atomic mass is 9.98. The quantitative estimate of drug-likeness (QED) is 0.576. The highest BCUT2D eigenvalue weighted by molar-refractivity contribution is 6.30. The van der Waals surface area contributed by atoms with Gasteiger partial charge in [0, 0.05) is 24.2 Å². The van der Waals surface area contributed by atoms with Crippen LogP contribution >= 0.6 is 0 Å². The van der Waals surface area contributed by atoms with E-state index < -0.39 is 0 Å². The van der Waals surface area contributed by atoms with Gasteiger partial charge in [-0.25, -0.2) is 0 Å². The Morgan fingerprint density at radius 1 is 0.923 bits per heavy atom. The number of nitrogens with zero attached hydrogens (tertiary/aromatic N) is 2. The topological polar surface area (TPSA) is 49.6 Å². The largest absolute Gasteiger partial charge is 0.399 e. The van der Waals surface area contributed by atoms with Crippen molar-refractivity contribution in [3.05, 3.63) is 48.0 Å². The lowest BCUT2D eigenvalue weighted by Gasteiger charge is -2.28. The number of carbonyl (C=O) groups is 1. The molecule has 1 amide bonds. The van der Waals surface area contributed by atoms with Crippen molar-refractivity contribution in [2.24, 2.45) is 0 Å². The highest BCUT2D eigenvalue weighted by atomic mass is 16.2. The van der Waals surface area contributed by atoms with E-state index in [0.717, 1.165) is 59.0 Å². The zero-order chi connectivity index (χ0) is 17.7. The number of nitrogens with two attached hydrogens (primary N) is 1. The molecule has 1 fully saturated rings. The molecule has 3 aromatic rings. The van der Waals surface area contributed by atoms with Crippen LogP contribution in [0.5, 0.6) is 0 Å². The van der Waals surface area contributed by atoms with Gasteiger partial charge >= 0.3 is 0 Å². The van der Waals surface area contributed by atoms with Crippen molar-refractivity contribution in [2.45, 2.75) is 19.3 Å². The zero-order valence-corrected chi connectivity index (χ0v) is 14.9. The van der Waals surface area contributed by atoms with Gasteiger partial charge in [-0.3, -0.25) is 4.79 Å². The Kier molecular flexibility index (Phi) is 3.61. The van der Waals surface area contributed by atoms with Crippen LogP contribution in [0.4, 0.5) is 11.4 Å². The minimum Gasteiger partial charge on any atom is -0.399 e. The van der Waals surface area contributed by atoms with Gasteiger partial charge in [-0.1, -0.05) is 30.7 Å². The first-order chi connectivity index (χ1) is 12.7. The number of rotatable bonds is 3. The van der Waals surface area contributed by atoms with Crippen LogP contribution in [0.3, 0.4) is 0 Å². The SMILES string of the molecule is Nc1cc2c3c(cc4ccccc4c3c1)N(CCN1CCCCC1)C2=O. The van der Waals surface area contributed by atoms with Gasteiger partial charge in [-0.05, 0) is 60.3 Å². The second-order valence-corrected chi connectivity index (χ2v) is 7.47. The number of nitrogen functional groups attached to an aromatic ring is 1. The third-order valence-electron chi connectivity index (χ3n) is 5.81. The average molecular weight is 345 g/mol. The molecule has 1 saturated heterocycles. The molecule has 2 N–H and O–H groups in total. The van der Waals surface area contributed by atoms with E-state index in [9.17, 15) is 4.79 Å². The number of carbonyl (C=O) groups excluding carboxylic acids is 1. The summed E-state index contributed by atoms with van der Waals surface area (Å²) in [6.45, 7) is 3.97. The molecule has 3 aromatic carbocycles. The summed E-state index contributed by atoms with van der Waals surface area (Å²) >= 11 is 0. The number of benzene rings is 3. The minimum atomic E-state index is 0.0876. The van der Waals surface area contributed by atoms with E-state index in [0.29, 0.717) is 5.69 Å². The molecular weight excluding hydrogens is 322 g/mol. The van der Waals surface area contributed by atoms with Crippen molar-refractivity contribution in [3.63, 3.8) is 0 Å². The van der Waals surface area contributed by atoms with E-state index >= 15 is 0 Å². The average Bonchev–Trinajstić information content (AvgIpc) is 2.93. The van der Waals surface area contributed by atoms with Crippen LogP contribution in [0.2, 0.25) is 0 Å². The molecule has 0 spiro atoms. The zero-order valence-electron chi connectivity index (χ0n) is 14.9. The summed E-state index contributed by atoms with van der Waals surface area (Å²) < 4.78 is 0. The van der Waals surface area contributed by atoms with Crippen LogP contribution in [0.15, 0.2) is 42.5 Å². The minimum absolute atomic E-state index is 0.0876. The Bertz CT molecular complexity index is 1020. The molecule has 0 unspecified atom stereocenters. The summed E-state index contributed by atoms with van der Waals surface area (Å²) in [6, 6.07) is 14.3. The third kappa shape index (κ3) is 2.36. The number of piperidine rings is 1. The summed E-state index contributed by atoms with van der Waals surface area (Å²) in [5.74, 6) is 0.0876. The lowest BCUT2D eigenvalue weighted by molar-refractivity contribution is 0.0988. The normalized spacial score (nSPS) is 17.5. The number of anilines is 2. The fraction of sp³-hybridized carbons (Fsp3) is 0.318. The first-order valence-corrected chi connectivity index (χ1v) is 9.51. The third-order valence-corrected chi connectivity index (χ3v) is 5.81. The second-order valence-electron chi connectivity index (χ2n) is 7.47. The predicted octanol–water partition coefficient (Wildman–Crippen LogP) is 4.02. The van der Waals surface area contributed by atoms with Gasteiger partial charge in [0.25, 0.3) is 5.91 Å². The molecule has 132 valence electrons. The van der Waals surface area contributed by atoms with Crippen LogP contribution in [0.1, 0.15) is 29.6 Å². The maximum atomic E-state index is 13.1. The number of likely N-dealkylation sites (tertiary alicyclic amines) is 1. The van der Waals surface area contributed by atoms with Crippen LogP contribution in [0.25, 0.3) is 21.5 Å². The second kappa shape index (κ2) is 5.99. The number of fused-ring (bicyclic) bond motifs is 2. The van der Waals surface area contributed by atoms with Gasteiger partial charge in [-0.15, -0.1) is 0 Å². The molecule has 4 heteroatoms. The Hall–Kier alpha value is -2.59. The van der Waals surface area contributed by atoms with Gasteiger partial charge in [0.2, 0.25) is 0 Å². The predicted molar refractivity (Wildman–Crippen MR) is 108 cm³/mol. The van der Waals surface area contributed by atoms with E-state index in [1.165, 1.54) is 19.3 Å².